The Labute approximate surface area is 156 Å². The summed E-state index contributed by atoms with van der Waals surface area (Å²) in [5.41, 5.74) is 0.903. The minimum Gasteiger partial charge on any atom is -0.392 e. The number of nitrogens with zero attached hydrogens (tertiary/aromatic N) is 1. The summed E-state index contributed by atoms with van der Waals surface area (Å²) < 4.78 is 0. The van der Waals surface area contributed by atoms with Gasteiger partial charge in [-0.15, -0.1) is 0 Å². The lowest BCUT2D eigenvalue weighted by atomic mass is 9.34. The fourth-order valence-corrected chi connectivity index (χ4v) is 8.75. The van der Waals surface area contributed by atoms with Gasteiger partial charge in [-0.3, -0.25) is 4.90 Å². The highest BCUT2D eigenvalue weighted by Gasteiger charge is 2.72. The molecule has 6 fully saturated rings. The first kappa shape index (κ1) is 17.4. The van der Waals surface area contributed by atoms with Crippen LogP contribution in [-0.2, 0) is 4.79 Å². The molecular weight excluding hydrogens is 326 g/mol. The van der Waals surface area contributed by atoms with Crippen LogP contribution in [0.25, 0.3) is 0 Å². The van der Waals surface area contributed by atoms with Crippen molar-refractivity contribution in [2.45, 2.75) is 64.1 Å². The molecule has 0 amide bonds. The fraction of sp³-hybridized carbons (Fsp3) is 0.864. The molecule has 1 saturated heterocycles. The quantitative estimate of drug-likeness (QED) is 0.587. The summed E-state index contributed by atoms with van der Waals surface area (Å²) in [7, 11) is 0. The lowest BCUT2D eigenvalue weighted by molar-refractivity contribution is -0.275. The van der Waals surface area contributed by atoms with Crippen LogP contribution in [0, 0.1) is 34.0 Å². The number of hydrogen-bond donors (Lipinski definition) is 2. The maximum absolute atomic E-state index is 11.4. The number of piperidine rings is 1. The first-order valence-corrected chi connectivity index (χ1v) is 10.6. The van der Waals surface area contributed by atoms with Gasteiger partial charge in [0.05, 0.1) is 18.8 Å². The summed E-state index contributed by atoms with van der Waals surface area (Å²) >= 11 is 0. The van der Waals surface area contributed by atoms with Gasteiger partial charge in [0.25, 0.3) is 0 Å². The molecule has 0 aromatic heterocycles. The molecule has 5 saturated carbocycles. The number of aldehydes is 1. The Morgan fingerprint density at radius 3 is 2.77 bits per heavy atom. The van der Waals surface area contributed by atoms with Gasteiger partial charge < -0.3 is 15.0 Å². The van der Waals surface area contributed by atoms with Crippen molar-refractivity contribution in [3.8, 4) is 0 Å². The van der Waals surface area contributed by atoms with Crippen LogP contribution in [0.1, 0.15) is 51.9 Å². The average molecular weight is 360 g/mol. The number of carbonyl (C=O) groups is 1. The standard InChI is InChI=1S/C22H33NO3/c1-14-15-4-7-22(19(14)26)17(10-15)21-6-3-5-20(2,16(21)11-18(22)25)12-23(13-21)8-9-24/h9,15-19,25-26H,1,3-8,10-13H2,2H3/t15-,16+,17-,18+,19+,20-,21-,22+/m0/s1. The molecule has 8 atom stereocenters. The highest BCUT2D eigenvalue weighted by atomic mass is 16.3. The van der Waals surface area contributed by atoms with Crippen molar-refractivity contribution in [3.05, 3.63) is 12.2 Å². The molecule has 1 spiro atoms. The molecule has 2 N–H and O–H groups in total. The molecule has 26 heavy (non-hydrogen) atoms. The largest absolute Gasteiger partial charge is 0.392 e. The number of rotatable bonds is 2. The van der Waals surface area contributed by atoms with Gasteiger partial charge in [0.15, 0.2) is 0 Å². The van der Waals surface area contributed by atoms with E-state index >= 15 is 0 Å². The molecule has 144 valence electrons. The average Bonchev–Trinajstić information content (AvgIpc) is 2.60. The topological polar surface area (TPSA) is 60.8 Å². The summed E-state index contributed by atoms with van der Waals surface area (Å²) in [5, 5.41) is 22.6. The zero-order valence-corrected chi connectivity index (χ0v) is 16.0. The van der Waals surface area contributed by atoms with E-state index in [-0.39, 0.29) is 10.8 Å². The first-order valence-electron chi connectivity index (χ1n) is 10.6. The van der Waals surface area contributed by atoms with E-state index in [0.717, 1.165) is 50.6 Å². The zero-order valence-electron chi connectivity index (χ0n) is 16.0. The SMILES string of the molecule is C=C1[C@H]2CC[C@@]3([C@H](O)C[C@@H]4[C@@]5(C)CCC[C@@]4(CN(CC=O)C5)[C@@H]3C2)[C@@H]1O. The maximum atomic E-state index is 11.4. The number of hydrogen-bond acceptors (Lipinski definition) is 4. The number of carbonyl (C=O) groups excluding carboxylic acids is 1. The van der Waals surface area contributed by atoms with Crippen LogP contribution in [0.5, 0.6) is 0 Å². The molecule has 4 heteroatoms. The molecule has 1 heterocycles. The number of likely N-dealkylation sites (tertiary alicyclic amines) is 1. The lowest BCUT2D eigenvalue weighted by Crippen LogP contribution is -2.74. The van der Waals surface area contributed by atoms with Crippen molar-refractivity contribution in [2.75, 3.05) is 19.6 Å². The smallest absolute Gasteiger partial charge is 0.133 e. The van der Waals surface area contributed by atoms with E-state index in [2.05, 4.69) is 18.4 Å². The maximum Gasteiger partial charge on any atom is 0.133 e. The Hall–Kier alpha value is -0.710. The summed E-state index contributed by atoms with van der Waals surface area (Å²) in [5.74, 6) is 1.28. The Balaban J connectivity index is 1.64. The van der Waals surface area contributed by atoms with E-state index in [4.69, 9.17) is 0 Å². The number of aliphatic hydroxyl groups excluding tert-OH is 2. The van der Waals surface area contributed by atoms with Gasteiger partial charge in [-0.1, -0.05) is 19.9 Å². The predicted octanol–water partition coefficient (Wildman–Crippen LogP) is 2.39. The van der Waals surface area contributed by atoms with Gasteiger partial charge in [-0.2, -0.15) is 0 Å². The third kappa shape index (κ3) is 1.89. The van der Waals surface area contributed by atoms with Gasteiger partial charge in [-0.05, 0) is 72.7 Å². The zero-order chi connectivity index (χ0) is 18.3. The first-order chi connectivity index (χ1) is 12.4. The molecule has 4 nitrogen and oxygen atoms in total. The molecule has 0 radical (unpaired) electrons. The van der Waals surface area contributed by atoms with E-state index < -0.39 is 17.6 Å². The van der Waals surface area contributed by atoms with Gasteiger partial charge in [0.1, 0.15) is 6.29 Å². The normalized spacial score (nSPS) is 56.0. The van der Waals surface area contributed by atoms with Crippen LogP contribution in [0.4, 0.5) is 0 Å². The van der Waals surface area contributed by atoms with Gasteiger partial charge in [-0.25, -0.2) is 0 Å². The van der Waals surface area contributed by atoms with E-state index in [9.17, 15) is 15.0 Å². The van der Waals surface area contributed by atoms with Gasteiger partial charge in [0, 0.05) is 18.5 Å². The van der Waals surface area contributed by atoms with Crippen LogP contribution in [0.2, 0.25) is 0 Å². The Bertz CT molecular complexity index is 649. The monoisotopic (exact) mass is 359 g/mol. The molecule has 1 aliphatic heterocycles. The molecule has 0 aromatic rings. The molecular formula is C22H33NO3. The Kier molecular flexibility index (Phi) is 3.63. The third-order valence-electron chi connectivity index (χ3n) is 9.61. The van der Waals surface area contributed by atoms with E-state index in [1.807, 2.05) is 0 Å². The Morgan fingerprint density at radius 1 is 1.19 bits per heavy atom. The fourth-order valence-electron chi connectivity index (χ4n) is 8.75. The summed E-state index contributed by atoms with van der Waals surface area (Å²) in [4.78, 5) is 13.7. The van der Waals surface area contributed by atoms with E-state index in [1.54, 1.807) is 0 Å². The van der Waals surface area contributed by atoms with Crippen molar-refractivity contribution >= 4 is 6.29 Å². The summed E-state index contributed by atoms with van der Waals surface area (Å²) in [6.07, 6.45) is 7.59. The Morgan fingerprint density at radius 2 is 2.00 bits per heavy atom. The lowest BCUT2D eigenvalue weighted by Gasteiger charge is -2.73. The van der Waals surface area contributed by atoms with Crippen molar-refractivity contribution in [1.82, 2.24) is 4.90 Å². The molecule has 6 rings (SSSR count). The number of fused-ring (bicyclic) bond motifs is 2. The minimum atomic E-state index is -0.556. The van der Waals surface area contributed by atoms with Crippen molar-refractivity contribution in [3.63, 3.8) is 0 Å². The van der Waals surface area contributed by atoms with Crippen LogP contribution < -0.4 is 0 Å². The minimum absolute atomic E-state index is 0.147. The summed E-state index contributed by atoms with van der Waals surface area (Å²) in [6.45, 7) is 9.08. The number of aliphatic hydroxyl groups is 2. The van der Waals surface area contributed by atoms with Crippen molar-refractivity contribution in [2.24, 2.45) is 34.0 Å². The molecule has 0 aromatic carbocycles. The molecule has 4 bridgehead atoms. The van der Waals surface area contributed by atoms with Crippen LogP contribution in [0.3, 0.4) is 0 Å². The van der Waals surface area contributed by atoms with E-state index in [0.29, 0.717) is 24.3 Å². The van der Waals surface area contributed by atoms with Crippen molar-refractivity contribution < 1.29 is 15.0 Å². The predicted molar refractivity (Wildman–Crippen MR) is 99.4 cm³/mol. The van der Waals surface area contributed by atoms with E-state index in [1.165, 1.54) is 19.3 Å². The van der Waals surface area contributed by atoms with Crippen LogP contribution in [-0.4, -0.2) is 53.2 Å². The highest BCUT2D eigenvalue weighted by Crippen LogP contribution is 2.73. The summed E-state index contributed by atoms with van der Waals surface area (Å²) in [6, 6.07) is 0. The molecule has 0 unspecified atom stereocenters. The highest BCUT2D eigenvalue weighted by molar-refractivity contribution is 5.52. The van der Waals surface area contributed by atoms with Gasteiger partial charge in [0.2, 0.25) is 0 Å². The van der Waals surface area contributed by atoms with Crippen LogP contribution >= 0.6 is 0 Å². The van der Waals surface area contributed by atoms with Crippen molar-refractivity contribution in [1.29, 1.82) is 0 Å². The molecule has 6 aliphatic rings. The second-order valence-electron chi connectivity index (χ2n) is 10.5. The second kappa shape index (κ2) is 5.42. The van der Waals surface area contributed by atoms with Crippen LogP contribution in [0.15, 0.2) is 12.2 Å². The second-order valence-corrected chi connectivity index (χ2v) is 10.5. The third-order valence-corrected chi connectivity index (χ3v) is 9.61. The molecule has 5 aliphatic carbocycles. The van der Waals surface area contributed by atoms with Gasteiger partial charge >= 0.3 is 0 Å².